The first-order valence-electron chi connectivity index (χ1n) is 10.9. The van der Waals surface area contributed by atoms with Crippen LogP contribution in [0.15, 0.2) is 84.9 Å². The Morgan fingerprint density at radius 3 is 1.79 bits per heavy atom. The monoisotopic (exact) mass is 501 g/mol. The van der Waals surface area contributed by atoms with Crippen LogP contribution in [-0.4, -0.2) is 57.3 Å². The summed E-state index contributed by atoms with van der Waals surface area (Å²) in [6, 6.07) is 29.4. The number of hydrogen-bond acceptors (Lipinski definition) is 4. The van der Waals surface area contributed by atoms with Crippen molar-refractivity contribution in [2.24, 2.45) is 0 Å². The molecule has 182 valence electrons. The summed E-state index contributed by atoms with van der Waals surface area (Å²) in [4.78, 5) is 2.11. The fourth-order valence-corrected chi connectivity index (χ4v) is 3.52. The molecule has 0 heterocycles. The van der Waals surface area contributed by atoms with Crippen LogP contribution in [0.4, 0.5) is 0 Å². The predicted octanol–water partition coefficient (Wildman–Crippen LogP) is 5.72. The average Bonchev–Trinajstić information content (AvgIpc) is 2.80. The van der Waals surface area contributed by atoms with Crippen LogP contribution >= 0.6 is 11.6 Å². The Morgan fingerprint density at radius 1 is 0.853 bits per heavy atom. The zero-order valence-corrected chi connectivity index (χ0v) is 21.4. The third-order valence-corrected chi connectivity index (χ3v) is 4.97. The maximum absolute atomic E-state index is 9.19. The van der Waals surface area contributed by atoms with E-state index in [1.807, 2.05) is 26.2 Å². The molecule has 0 amide bonds. The minimum absolute atomic E-state index is 0.576. The Labute approximate surface area is 208 Å². The molecule has 0 aliphatic carbocycles. The van der Waals surface area contributed by atoms with E-state index < -0.39 is 10.1 Å². The lowest BCUT2D eigenvalue weighted by atomic mass is 9.88. The highest BCUT2D eigenvalue weighted by molar-refractivity contribution is 7.85. The molecule has 34 heavy (non-hydrogen) atoms. The molecule has 3 rings (SSSR count). The van der Waals surface area contributed by atoms with Crippen LogP contribution in [0.1, 0.15) is 23.1 Å². The van der Waals surface area contributed by atoms with Gasteiger partial charge in [-0.1, -0.05) is 72.8 Å². The van der Waals surface area contributed by atoms with Gasteiger partial charge in [-0.2, -0.15) is 8.42 Å². The molecule has 0 spiro atoms. The molecule has 0 unspecified atom stereocenters. The first-order valence-corrected chi connectivity index (χ1v) is 13.3. The maximum atomic E-state index is 9.19. The van der Waals surface area contributed by atoms with E-state index in [1.165, 1.54) is 27.8 Å². The van der Waals surface area contributed by atoms with Crippen molar-refractivity contribution in [3.05, 3.63) is 102 Å². The Kier molecular flexibility index (Phi) is 11.3. The van der Waals surface area contributed by atoms with Gasteiger partial charge in [0.2, 0.25) is 0 Å². The highest BCUT2D eigenvalue weighted by Crippen LogP contribution is 2.35. The molecule has 5 nitrogen and oxygen atoms in total. The molecule has 3 aromatic carbocycles. The van der Waals surface area contributed by atoms with Crippen LogP contribution in [-0.2, 0) is 10.1 Å². The van der Waals surface area contributed by atoms with E-state index >= 15 is 0 Å². The molecule has 0 aromatic heterocycles. The van der Waals surface area contributed by atoms with Crippen LogP contribution < -0.4 is 4.74 Å². The number of nitrogens with zero attached hydrogens (tertiary/aromatic N) is 1. The fourth-order valence-electron chi connectivity index (χ4n) is 3.33. The second-order valence-corrected chi connectivity index (χ2v) is 9.78. The highest BCUT2D eigenvalue weighted by Gasteiger charge is 2.14. The number of allylic oxidation sites excluding steroid dienone is 1. The van der Waals surface area contributed by atoms with E-state index in [2.05, 4.69) is 77.7 Å². The average molecular weight is 502 g/mol. The minimum Gasteiger partial charge on any atom is -0.492 e. The van der Waals surface area contributed by atoms with Gasteiger partial charge in [0.1, 0.15) is 12.4 Å². The zero-order valence-electron chi connectivity index (χ0n) is 19.8. The third kappa shape index (κ3) is 10.1. The van der Waals surface area contributed by atoms with Gasteiger partial charge in [0.15, 0.2) is 0 Å². The highest BCUT2D eigenvalue weighted by atomic mass is 35.5. The van der Waals surface area contributed by atoms with Crippen LogP contribution in [0.3, 0.4) is 0 Å². The maximum Gasteiger partial charge on any atom is 0.261 e. The van der Waals surface area contributed by atoms with Gasteiger partial charge in [-0.25, -0.2) is 0 Å². The lowest BCUT2D eigenvalue weighted by Crippen LogP contribution is -2.19. The standard InChI is InChI=1S/C26H28ClNO.CH4O3S/c1-28(2)19-20-29-24-15-13-23(14-16-24)26(22-11-7-4-8-12-22)25(17-18-27)21-9-5-3-6-10-21;1-5(2,3)4/h3-16H,17-20H2,1-2H3;1H3,(H,2,3,4)/b26-25-;. The van der Waals surface area contributed by atoms with Crippen molar-refractivity contribution in [3.63, 3.8) is 0 Å². The summed E-state index contributed by atoms with van der Waals surface area (Å²) >= 11 is 6.21. The molecule has 0 bridgehead atoms. The predicted molar refractivity (Wildman–Crippen MR) is 142 cm³/mol. The van der Waals surface area contributed by atoms with Crippen LogP contribution in [0.2, 0.25) is 0 Å². The molecule has 0 fully saturated rings. The second-order valence-electron chi connectivity index (χ2n) is 7.93. The van der Waals surface area contributed by atoms with E-state index in [0.29, 0.717) is 18.7 Å². The summed E-state index contributed by atoms with van der Waals surface area (Å²) in [5.74, 6) is 1.47. The van der Waals surface area contributed by atoms with E-state index in [0.717, 1.165) is 18.7 Å². The number of ether oxygens (including phenoxy) is 1. The molecule has 0 aliphatic rings. The van der Waals surface area contributed by atoms with Gasteiger partial charge in [-0.3, -0.25) is 4.55 Å². The van der Waals surface area contributed by atoms with Crippen molar-refractivity contribution < 1.29 is 17.7 Å². The van der Waals surface area contributed by atoms with Gasteiger partial charge in [-0.05, 0) is 60.5 Å². The number of likely N-dealkylation sites (N-methyl/N-ethyl adjacent to an activating group) is 1. The van der Waals surface area contributed by atoms with Gasteiger partial charge in [0.05, 0.1) is 6.26 Å². The van der Waals surface area contributed by atoms with E-state index in [-0.39, 0.29) is 0 Å². The molecule has 1 N–H and O–H groups in total. The first-order chi connectivity index (χ1) is 16.2. The van der Waals surface area contributed by atoms with Gasteiger partial charge >= 0.3 is 0 Å². The number of halogens is 1. The second kappa shape index (κ2) is 13.9. The van der Waals surface area contributed by atoms with Crippen LogP contribution in [0.25, 0.3) is 11.1 Å². The smallest absolute Gasteiger partial charge is 0.261 e. The van der Waals surface area contributed by atoms with E-state index in [9.17, 15) is 8.42 Å². The topological polar surface area (TPSA) is 66.8 Å². The molecule has 3 aromatic rings. The van der Waals surface area contributed by atoms with Gasteiger partial charge in [0.25, 0.3) is 10.1 Å². The molecule has 7 heteroatoms. The third-order valence-electron chi connectivity index (χ3n) is 4.78. The van der Waals surface area contributed by atoms with Crippen molar-refractivity contribution in [3.8, 4) is 5.75 Å². The molecular formula is C27H32ClNO4S. The quantitative estimate of drug-likeness (QED) is 0.231. The molecule has 0 saturated heterocycles. The molecule has 0 radical (unpaired) electrons. The molecule has 0 aliphatic heterocycles. The fraction of sp³-hybridized carbons (Fsp3) is 0.259. The number of benzene rings is 3. The van der Waals surface area contributed by atoms with Gasteiger partial charge < -0.3 is 9.64 Å². The van der Waals surface area contributed by atoms with Crippen molar-refractivity contribution in [2.75, 3.05) is 39.4 Å². The summed E-state index contributed by atoms with van der Waals surface area (Å²) in [7, 11) is 0.427. The largest absolute Gasteiger partial charge is 0.492 e. The van der Waals surface area contributed by atoms with Crippen LogP contribution in [0, 0.1) is 0 Å². The van der Waals surface area contributed by atoms with E-state index in [4.69, 9.17) is 20.9 Å². The summed E-state index contributed by atoms with van der Waals surface area (Å²) in [6.07, 6.45) is 1.52. The van der Waals surface area contributed by atoms with Crippen molar-refractivity contribution >= 4 is 32.9 Å². The zero-order chi connectivity index (χ0) is 25.0. The minimum atomic E-state index is -3.67. The first kappa shape index (κ1) is 27.6. The summed E-state index contributed by atoms with van der Waals surface area (Å²) in [5, 5.41) is 0. The number of rotatable bonds is 9. The molecule has 0 atom stereocenters. The Hall–Kier alpha value is -2.64. The molecule has 0 saturated carbocycles. The lowest BCUT2D eigenvalue weighted by molar-refractivity contribution is 0.261. The van der Waals surface area contributed by atoms with Crippen LogP contribution in [0.5, 0.6) is 5.75 Å². The summed E-state index contributed by atoms with van der Waals surface area (Å²) in [5.41, 5.74) is 6.04. The summed E-state index contributed by atoms with van der Waals surface area (Å²) in [6.45, 7) is 1.57. The van der Waals surface area contributed by atoms with Gasteiger partial charge in [-0.15, -0.1) is 11.6 Å². The van der Waals surface area contributed by atoms with Gasteiger partial charge in [0, 0.05) is 12.4 Å². The Balaban J connectivity index is 0.000000739. The van der Waals surface area contributed by atoms with Crippen molar-refractivity contribution in [1.29, 1.82) is 0 Å². The Bertz CT molecular complexity index is 1120. The number of alkyl halides is 1. The lowest BCUT2D eigenvalue weighted by Gasteiger charge is -2.17. The van der Waals surface area contributed by atoms with Crippen molar-refractivity contribution in [2.45, 2.75) is 6.42 Å². The number of hydrogen-bond donors (Lipinski definition) is 1. The Morgan fingerprint density at radius 2 is 1.32 bits per heavy atom. The summed E-state index contributed by atoms with van der Waals surface area (Å²) < 4.78 is 31.7. The molecular weight excluding hydrogens is 470 g/mol. The van der Waals surface area contributed by atoms with Crippen molar-refractivity contribution in [1.82, 2.24) is 4.90 Å². The SMILES string of the molecule is CN(C)CCOc1ccc(/C(=C(/CCCl)c2ccccc2)c2ccccc2)cc1.CS(=O)(=O)O. The van der Waals surface area contributed by atoms with E-state index in [1.54, 1.807) is 0 Å². The normalized spacial score (nSPS) is 11.9.